The van der Waals surface area contributed by atoms with Crippen LogP contribution in [0.15, 0.2) is 36.9 Å². The van der Waals surface area contributed by atoms with E-state index in [1.54, 1.807) is 6.07 Å². The molecular formula is C12H13ClN4O. The molecule has 1 heterocycles. The molecule has 1 amide bonds. The van der Waals surface area contributed by atoms with Crippen LogP contribution in [0.1, 0.15) is 18.5 Å². The number of carbonyl (C=O) groups excluding carboxylic acids is 1. The maximum absolute atomic E-state index is 11.7. The average Bonchev–Trinajstić information content (AvgIpc) is 2.81. The summed E-state index contributed by atoms with van der Waals surface area (Å²) in [5.74, 6) is -0.118. The van der Waals surface area contributed by atoms with E-state index in [1.807, 2.05) is 25.1 Å². The van der Waals surface area contributed by atoms with Crippen LogP contribution in [-0.2, 0) is 11.3 Å². The first-order valence-corrected chi connectivity index (χ1v) is 5.90. The molecule has 0 saturated carbocycles. The fraction of sp³-hybridized carbons (Fsp3) is 0.250. The number of amides is 1. The van der Waals surface area contributed by atoms with E-state index in [2.05, 4.69) is 15.4 Å². The van der Waals surface area contributed by atoms with Crippen LogP contribution in [0.4, 0.5) is 0 Å². The molecule has 1 unspecified atom stereocenters. The third-order valence-corrected chi connectivity index (χ3v) is 2.73. The number of nitrogens with one attached hydrogen (secondary N) is 1. The summed E-state index contributed by atoms with van der Waals surface area (Å²) < 4.78 is 1.47. The van der Waals surface area contributed by atoms with Gasteiger partial charge in [0, 0.05) is 5.02 Å². The Morgan fingerprint density at radius 2 is 2.39 bits per heavy atom. The number of halogens is 1. The molecule has 1 aromatic carbocycles. The molecule has 0 spiro atoms. The van der Waals surface area contributed by atoms with E-state index in [4.69, 9.17) is 11.6 Å². The minimum Gasteiger partial charge on any atom is -0.348 e. The summed E-state index contributed by atoms with van der Waals surface area (Å²) in [6, 6.07) is 7.32. The highest BCUT2D eigenvalue weighted by Crippen LogP contribution is 2.17. The van der Waals surface area contributed by atoms with Crippen molar-refractivity contribution in [3.05, 3.63) is 47.5 Å². The van der Waals surface area contributed by atoms with Crippen LogP contribution in [0.5, 0.6) is 0 Å². The smallest absolute Gasteiger partial charge is 0.242 e. The molecule has 1 atom stereocenters. The Morgan fingerprint density at radius 1 is 1.56 bits per heavy atom. The summed E-state index contributed by atoms with van der Waals surface area (Å²) >= 11 is 5.91. The van der Waals surface area contributed by atoms with Crippen molar-refractivity contribution in [1.82, 2.24) is 20.1 Å². The van der Waals surface area contributed by atoms with Crippen LogP contribution >= 0.6 is 11.6 Å². The lowest BCUT2D eigenvalue weighted by Crippen LogP contribution is -2.30. The number of aromatic nitrogens is 3. The number of hydrogen-bond acceptors (Lipinski definition) is 3. The van der Waals surface area contributed by atoms with Crippen molar-refractivity contribution in [2.24, 2.45) is 0 Å². The van der Waals surface area contributed by atoms with E-state index in [0.29, 0.717) is 5.02 Å². The maximum Gasteiger partial charge on any atom is 0.242 e. The fourth-order valence-electron chi connectivity index (χ4n) is 1.61. The van der Waals surface area contributed by atoms with E-state index < -0.39 is 0 Å². The molecule has 0 fully saturated rings. The fourth-order valence-corrected chi connectivity index (χ4v) is 1.81. The Balaban J connectivity index is 1.95. The molecule has 2 rings (SSSR count). The summed E-state index contributed by atoms with van der Waals surface area (Å²) in [7, 11) is 0. The molecule has 6 heteroatoms. The predicted molar refractivity (Wildman–Crippen MR) is 68.0 cm³/mol. The third kappa shape index (κ3) is 3.30. The van der Waals surface area contributed by atoms with E-state index in [9.17, 15) is 4.79 Å². The molecule has 18 heavy (non-hydrogen) atoms. The Bertz CT molecular complexity index is 527. The van der Waals surface area contributed by atoms with E-state index in [1.165, 1.54) is 17.3 Å². The molecule has 94 valence electrons. The number of rotatable bonds is 4. The number of nitrogens with zero attached hydrogens (tertiary/aromatic N) is 3. The molecule has 5 nitrogen and oxygen atoms in total. The van der Waals surface area contributed by atoms with E-state index in [0.717, 1.165) is 5.56 Å². The SMILES string of the molecule is CC(NC(=O)Cn1cncn1)c1cccc(Cl)c1. The molecule has 0 aliphatic rings. The molecule has 0 aliphatic heterocycles. The van der Waals surface area contributed by atoms with Crippen molar-refractivity contribution in [3.63, 3.8) is 0 Å². The lowest BCUT2D eigenvalue weighted by Gasteiger charge is -2.14. The first-order valence-electron chi connectivity index (χ1n) is 5.52. The zero-order valence-corrected chi connectivity index (χ0v) is 10.6. The van der Waals surface area contributed by atoms with Gasteiger partial charge in [0.2, 0.25) is 5.91 Å². The van der Waals surface area contributed by atoms with Gasteiger partial charge in [-0.1, -0.05) is 23.7 Å². The molecule has 0 radical (unpaired) electrons. The average molecular weight is 265 g/mol. The minimum atomic E-state index is -0.118. The van der Waals surface area contributed by atoms with Gasteiger partial charge in [-0.05, 0) is 24.6 Å². The topological polar surface area (TPSA) is 59.8 Å². The summed E-state index contributed by atoms with van der Waals surface area (Å²) in [4.78, 5) is 15.5. The first-order chi connectivity index (χ1) is 8.65. The minimum absolute atomic E-state index is 0.0975. The van der Waals surface area contributed by atoms with Gasteiger partial charge in [-0.2, -0.15) is 5.10 Å². The lowest BCUT2D eigenvalue weighted by atomic mass is 10.1. The van der Waals surface area contributed by atoms with Gasteiger partial charge in [0.25, 0.3) is 0 Å². The van der Waals surface area contributed by atoms with Gasteiger partial charge in [0.15, 0.2) is 0 Å². The van der Waals surface area contributed by atoms with Gasteiger partial charge in [-0.15, -0.1) is 0 Å². The number of hydrogen-bond donors (Lipinski definition) is 1. The van der Waals surface area contributed by atoms with Crippen LogP contribution in [0.25, 0.3) is 0 Å². The number of carbonyl (C=O) groups is 1. The van der Waals surface area contributed by atoms with Gasteiger partial charge < -0.3 is 5.32 Å². The molecule has 1 N–H and O–H groups in total. The van der Waals surface area contributed by atoms with Gasteiger partial charge in [-0.25, -0.2) is 9.67 Å². The zero-order chi connectivity index (χ0) is 13.0. The van der Waals surface area contributed by atoms with E-state index in [-0.39, 0.29) is 18.5 Å². The molecule has 0 bridgehead atoms. The van der Waals surface area contributed by atoms with Crippen LogP contribution in [0, 0.1) is 0 Å². The summed E-state index contributed by atoms with van der Waals surface area (Å²) in [5.41, 5.74) is 0.967. The van der Waals surface area contributed by atoms with Crippen molar-refractivity contribution in [2.45, 2.75) is 19.5 Å². The molecule has 0 saturated heterocycles. The van der Waals surface area contributed by atoms with Crippen molar-refractivity contribution in [1.29, 1.82) is 0 Å². The van der Waals surface area contributed by atoms with Gasteiger partial charge in [0.1, 0.15) is 19.2 Å². The second-order valence-electron chi connectivity index (χ2n) is 3.94. The Hall–Kier alpha value is -1.88. The molecule has 2 aromatic rings. The largest absolute Gasteiger partial charge is 0.348 e. The number of benzene rings is 1. The van der Waals surface area contributed by atoms with Gasteiger partial charge in [-0.3, -0.25) is 4.79 Å². The second kappa shape index (κ2) is 5.64. The molecular weight excluding hydrogens is 252 g/mol. The van der Waals surface area contributed by atoms with Crippen LogP contribution < -0.4 is 5.32 Å². The van der Waals surface area contributed by atoms with E-state index >= 15 is 0 Å². The normalized spacial score (nSPS) is 12.1. The maximum atomic E-state index is 11.7. The highest BCUT2D eigenvalue weighted by molar-refractivity contribution is 6.30. The quantitative estimate of drug-likeness (QED) is 0.916. The van der Waals surface area contributed by atoms with Gasteiger partial charge in [0.05, 0.1) is 6.04 Å². The molecule has 0 aliphatic carbocycles. The Morgan fingerprint density at radius 3 is 3.06 bits per heavy atom. The third-order valence-electron chi connectivity index (χ3n) is 2.50. The summed E-state index contributed by atoms with van der Waals surface area (Å²) in [6.45, 7) is 2.07. The highest BCUT2D eigenvalue weighted by atomic mass is 35.5. The van der Waals surface area contributed by atoms with Crippen molar-refractivity contribution in [3.8, 4) is 0 Å². The lowest BCUT2D eigenvalue weighted by molar-refractivity contribution is -0.122. The second-order valence-corrected chi connectivity index (χ2v) is 4.37. The standard InChI is InChI=1S/C12H13ClN4O/c1-9(10-3-2-4-11(13)5-10)16-12(18)6-17-8-14-7-15-17/h2-5,7-9H,6H2,1H3,(H,16,18). The Kier molecular flexibility index (Phi) is 3.94. The highest BCUT2D eigenvalue weighted by Gasteiger charge is 2.10. The monoisotopic (exact) mass is 264 g/mol. The van der Waals surface area contributed by atoms with Crippen LogP contribution in [-0.4, -0.2) is 20.7 Å². The zero-order valence-electron chi connectivity index (χ0n) is 9.88. The summed E-state index contributed by atoms with van der Waals surface area (Å²) in [5, 5.41) is 7.41. The van der Waals surface area contributed by atoms with Crippen molar-refractivity contribution < 1.29 is 4.79 Å². The van der Waals surface area contributed by atoms with Crippen LogP contribution in [0.3, 0.4) is 0 Å². The molecule has 1 aromatic heterocycles. The Labute approximate surface area is 110 Å². The summed E-state index contributed by atoms with van der Waals surface area (Å²) in [6.07, 6.45) is 2.90. The van der Waals surface area contributed by atoms with Gasteiger partial charge >= 0.3 is 0 Å². The van der Waals surface area contributed by atoms with Crippen molar-refractivity contribution in [2.75, 3.05) is 0 Å². The first kappa shape index (κ1) is 12.6. The predicted octanol–water partition coefficient (Wildman–Crippen LogP) is 1.81. The van der Waals surface area contributed by atoms with Crippen molar-refractivity contribution >= 4 is 17.5 Å². The van der Waals surface area contributed by atoms with Crippen LogP contribution in [0.2, 0.25) is 5.02 Å².